The number of methoxy groups -OCH3 is 2. The third-order valence-corrected chi connectivity index (χ3v) is 3.77. The van der Waals surface area contributed by atoms with Gasteiger partial charge in [-0.25, -0.2) is 9.59 Å². The van der Waals surface area contributed by atoms with Gasteiger partial charge in [0.1, 0.15) is 18.2 Å². The molecule has 0 atom stereocenters. The highest BCUT2D eigenvalue weighted by Crippen LogP contribution is 2.38. The molecule has 0 aliphatic heterocycles. The van der Waals surface area contributed by atoms with E-state index in [1.165, 1.54) is 20.4 Å². The lowest BCUT2D eigenvalue weighted by atomic mass is 10.1. The zero-order valence-corrected chi connectivity index (χ0v) is 15.8. The fraction of sp³-hybridized carbons (Fsp3) is 0.238. The van der Waals surface area contributed by atoms with Gasteiger partial charge in [0.2, 0.25) is 0 Å². The van der Waals surface area contributed by atoms with Crippen LogP contribution < -0.4 is 14.8 Å². The van der Waals surface area contributed by atoms with Crippen LogP contribution in [0.1, 0.15) is 11.1 Å². The summed E-state index contributed by atoms with van der Waals surface area (Å²) in [6.07, 6.45) is 2.53. The summed E-state index contributed by atoms with van der Waals surface area (Å²) in [6.45, 7) is 0.590. The van der Waals surface area contributed by atoms with Crippen molar-refractivity contribution in [2.24, 2.45) is 4.99 Å². The van der Waals surface area contributed by atoms with Crippen LogP contribution in [-0.4, -0.2) is 39.0 Å². The maximum atomic E-state index is 11.8. The Balaban J connectivity index is 1.96. The highest BCUT2D eigenvalue weighted by atomic mass is 16.5. The molecule has 1 N–H and O–H groups in total. The van der Waals surface area contributed by atoms with Crippen LogP contribution in [0.3, 0.4) is 0 Å². The molecular weight excluding hydrogens is 360 g/mol. The maximum Gasteiger partial charge on any atom is 0.407 e. The Labute approximate surface area is 163 Å². The first-order chi connectivity index (χ1) is 13.7. The van der Waals surface area contributed by atoms with E-state index in [1.807, 2.05) is 36.4 Å². The van der Waals surface area contributed by atoms with E-state index < -0.39 is 6.09 Å². The summed E-state index contributed by atoms with van der Waals surface area (Å²) in [4.78, 5) is 26.3. The SMILES string of the molecule is COc1cc(CCNC(=O)OCc2ccccc2)cc(N=CC=C=O)c1OC. The zero-order chi connectivity index (χ0) is 20.2. The van der Waals surface area contributed by atoms with E-state index in [0.29, 0.717) is 30.2 Å². The number of nitrogens with one attached hydrogen (secondary N) is 1. The molecule has 2 rings (SSSR count). The normalized spacial score (nSPS) is 10.2. The van der Waals surface area contributed by atoms with Gasteiger partial charge in [0.15, 0.2) is 11.5 Å². The predicted molar refractivity (Wildman–Crippen MR) is 106 cm³/mol. The molecular formula is C21H22N2O5. The molecule has 2 aromatic rings. The van der Waals surface area contributed by atoms with Crippen molar-refractivity contribution in [1.29, 1.82) is 0 Å². The number of nitrogens with zero attached hydrogens (tertiary/aromatic N) is 1. The number of amides is 1. The van der Waals surface area contributed by atoms with E-state index in [0.717, 1.165) is 17.2 Å². The highest BCUT2D eigenvalue weighted by molar-refractivity contribution is 5.84. The Kier molecular flexibility index (Phi) is 8.30. The first kappa shape index (κ1) is 20.7. The molecule has 2 aromatic carbocycles. The molecule has 0 unspecified atom stereocenters. The molecule has 7 nitrogen and oxygen atoms in total. The van der Waals surface area contributed by atoms with Crippen LogP contribution in [0.5, 0.6) is 11.5 Å². The Morgan fingerprint density at radius 1 is 1.14 bits per heavy atom. The largest absolute Gasteiger partial charge is 0.493 e. The zero-order valence-electron chi connectivity index (χ0n) is 15.8. The van der Waals surface area contributed by atoms with Gasteiger partial charge < -0.3 is 19.5 Å². The van der Waals surface area contributed by atoms with Crippen molar-refractivity contribution < 1.29 is 23.8 Å². The molecule has 28 heavy (non-hydrogen) atoms. The van der Waals surface area contributed by atoms with Crippen molar-refractivity contribution in [3.8, 4) is 11.5 Å². The molecule has 0 aliphatic rings. The number of alkyl carbamates (subject to hydrolysis) is 1. The lowest BCUT2D eigenvalue weighted by Crippen LogP contribution is -2.26. The summed E-state index contributed by atoms with van der Waals surface area (Å²) in [6, 6.07) is 13.1. The van der Waals surface area contributed by atoms with Gasteiger partial charge in [-0.05, 0) is 29.7 Å². The summed E-state index contributed by atoms with van der Waals surface area (Å²) in [5.41, 5.74) is 2.31. The molecule has 0 aliphatic carbocycles. The van der Waals surface area contributed by atoms with Gasteiger partial charge in [0, 0.05) is 18.8 Å². The molecule has 1 amide bonds. The van der Waals surface area contributed by atoms with Crippen molar-refractivity contribution in [1.82, 2.24) is 5.32 Å². The monoisotopic (exact) mass is 382 g/mol. The first-order valence-corrected chi connectivity index (χ1v) is 8.61. The minimum absolute atomic E-state index is 0.214. The topological polar surface area (TPSA) is 86.2 Å². The summed E-state index contributed by atoms with van der Waals surface area (Å²) in [5, 5.41) is 2.71. The third kappa shape index (κ3) is 6.30. The maximum absolute atomic E-state index is 11.8. The van der Waals surface area contributed by atoms with E-state index in [2.05, 4.69) is 10.3 Å². The minimum Gasteiger partial charge on any atom is -0.493 e. The Morgan fingerprint density at radius 2 is 1.93 bits per heavy atom. The molecule has 0 saturated heterocycles. The number of carbonyl (C=O) groups is 1. The first-order valence-electron chi connectivity index (χ1n) is 8.61. The summed E-state index contributed by atoms with van der Waals surface area (Å²) < 4.78 is 15.8. The molecule has 0 radical (unpaired) electrons. The van der Waals surface area contributed by atoms with E-state index in [-0.39, 0.29) is 6.61 Å². The molecule has 0 saturated carbocycles. The quantitative estimate of drug-likeness (QED) is 0.531. The third-order valence-electron chi connectivity index (χ3n) is 3.77. The van der Waals surface area contributed by atoms with Crippen molar-refractivity contribution in [3.63, 3.8) is 0 Å². The van der Waals surface area contributed by atoms with Crippen molar-refractivity contribution in [2.75, 3.05) is 20.8 Å². The fourth-order valence-electron chi connectivity index (χ4n) is 2.47. The summed E-state index contributed by atoms with van der Waals surface area (Å²) in [7, 11) is 3.04. The highest BCUT2D eigenvalue weighted by Gasteiger charge is 2.12. The Morgan fingerprint density at radius 3 is 2.61 bits per heavy atom. The van der Waals surface area contributed by atoms with Crippen LogP contribution in [-0.2, 0) is 22.6 Å². The fourth-order valence-corrected chi connectivity index (χ4v) is 2.47. The van der Waals surface area contributed by atoms with E-state index in [4.69, 9.17) is 14.2 Å². The summed E-state index contributed by atoms with van der Waals surface area (Å²) in [5.74, 6) is 2.60. The van der Waals surface area contributed by atoms with Crippen LogP contribution >= 0.6 is 0 Å². The van der Waals surface area contributed by atoms with Gasteiger partial charge in [0.25, 0.3) is 0 Å². The second kappa shape index (κ2) is 11.2. The van der Waals surface area contributed by atoms with Crippen molar-refractivity contribution in [2.45, 2.75) is 13.0 Å². The van der Waals surface area contributed by atoms with E-state index >= 15 is 0 Å². The van der Waals surface area contributed by atoms with Gasteiger partial charge in [-0.2, -0.15) is 0 Å². The predicted octanol–water partition coefficient (Wildman–Crippen LogP) is 3.26. The average molecular weight is 382 g/mol. The minimum atomic E-state index is -0.487. The van der Waals surface area contributed by atoms with Crippen molar-refractivity contribution in [3.05, 3.63) is 59.7 Å². The number of rotatable bonds is 9. The number of allylic oxidation sites excluding steroid dienone is 1. The summed E-state index contributed by atoms with van der Waals surface area (Å²) >= 11 is 0. The van der Waals surface area contributed by atoms with Crippen LogP contribution in [0.25, 0.3) is 0 Å². The number of hydrogen-bond donors (Lipinski definition) is 1. The Bertz CT molecular complexity index is 859. The smallest absolute Gasteiger partial charge is 0.407 e. The van der Waals surface area contributed by atoms with Gasteiger partial charge in [0.05, 0.1) is 14.2 Å². The molecule has 0 heterocycles. The van der Waals surface area contributed by atoms with Gasteiger partial charge in [-0.15, -0.1) is 0 Å². The van der Waals surface area contributed by atoms with Crippen molar-refractivity contribution >= 4 is 23.9 Å². The molecule has 0 fully saturated rings. The molecule has 0 spiro atoms. The number of aliphatic imine (C=N–C) groups is 1. The van der Waals surface area contributed by atoms with Gasteiger partial charge in [-0.1, -0.05) is 30.3 Å². The standard InChI is InChI=1S/C21H22N2O5/c1-26-19-14-17(13-18(20(19)27-2)22-10-6-12-24)9-11-23-21(25)28-15-16-7-4-3-5-8-16/h3-8,10,13-14H,9,11,15H2,1-2H3,(H,23,25). The van der Waals surface area contributed by atoms with Gasteiger partial charge in [-0.3, -0.25) is 4.99 Å². The average Bonchev–Trinajstić information content (AvgIpc) is 2.72. The van der Waals surface area contributed by atoms with Crippen LogP contribution in [0.2, 0.25) is 0 Å². The van der Waals surface area contributed by atoms with Crippen LogP contribution in [0.4, 0.5) is 10.5 Å². The second-order valence-corrected chi connectivity index (χ2v) is 5.65. The number of hydrogen-bond acceptors (Lipinski definition) is 6. The second-order valence-electron chi connectivity index (χ2n) is 5.65. The number of ether oxygens (including phenoxy) is 3. The van der Waals surface area contributed by atoms with E-state index in [1.54, 1.807) is 12.0 Å². The Hall–Kier alpha value is -3.57. The van der Waals surface area contributed by atoms with Gasteiger partial charge >= 0.3 is 6.09 Å². The van der Waals surface area contributed by atoms with Crippen LogP contribution in [0.15, 0.2) is 53.5 Å². The lowest BCUT2D eigenvalue weighted by Gasteiger charge is -2.13. The molecule has 7 heteroatoms. The number of carbonyl (C=O) groups excluding carboxylic acids is 2. The number of benzene rings is 2. The molecule has 0 aromatic heterocycles. The van der Waals surface area contributed by atoms with Crippen LogP contribution in [0, 0.1) is 0 Å². The van der Waals surface area contributed by atoms with E-state index in [9.17, 15) is 9.59 Å². The molecule has 146 valence electrons. The molecule has 0 bridgehead atoms. The lowest BCUT2D eigenvalue weighted by molar-refractivity contribution is 0.140.